The molecule has 0 saturated carbocycles. The van der Waals surface area contributed by atoms with Crippen molar-refractivity contribution in [2.45, 2.75) is 0 Å². The van der Waals surface area contributed by atoms with Crippen molar-refractivity contribution in [2.75, 3.05) is 21.3 Å². The summed E-state index contributed by atoms with van der Waals surface area (Å²) >= 11 is 1.44. The van der Waals surface area contributed by atoms with E-state index in [1.165, 1.54) is 11.5 Å². The molecule has 2 aromatic heterocycles. The lowest BCUT2D eigenvalue weighted by atomic mass is 10.00. The van der Waals surface area contributed by atoms with Crippen molar-refractivity contribution in [1.82, 2.24) is 9.36 Å². The Morgan fingerprint density at radius 3 is 2.00 bits per heavy atom. The van der Waals surface area contributed by atoms with Gasteiger partial charge in [0.05, 0.1) is 26.2 Å². The summed E-state index contributed by atoms with van der Waals surface area (Å²) in [6, 6.07) is 16.3. The number of pyridine rings is 1. The Balaban J connectivity index is 1.74. The zero-order valence-electron chi connectivity index (χ0n) is 16.4. The van der Waals surface area contributed by atoms with Crippen molar-refractivity contribution in [2.24, 2.45) is 0 Å². The SMILES string of the molecule is COc1cc(-c2sncc2-c2ccc(-c3cccnc3)cc2)cc(OC)c1OC. The molecule has 0 amide bonds. The topological polar surface area (TPSA) is 53.5 Å². The lowest BCUT2D eigenvalue weighted by Crippen LogP contribution is -1.95. The van der Waals surface area contributed by atoms with Crippen molar-refractivity contribution >= 4 is 11.5 Å². The number of nitrogens with zero attached hydrogens (tertiary/aromatic N) is 2. The second kappa shape index (κ2) is 8.32. The van der Waals surface area contributed by atoms with Gasteiger partial charge in [0.2, 0.25) is 5.75 Å². The minimum atomic E-state index is 0.575. The summed E-state index contributed by atoms with van der Waals surface area (Å²) < 4.78 is 20.9. The molecule has 0 saturated heterocycles. The monoisotopic (exact) mass is 404 g/mol. The number of hydrogen-bond donors (Lipinski definition) is 0. The molecule has 0 aliphatic heterocycles. The van der Waals surface area contributed by atoms with Gasteiger partial charge in [-0.15, -0.1) is 0 Å². The van der Waals surface area contributed by atoms with Gasteiger partial charge in [-0.1, -0.05) is 30.3 Å². The quantitative estimate of drug-likeness (QED) is 0.421. The summed E-state index contributed by atoms with van der Waals surface area (Å²) in [5.41, 5.74) is 5.33. The van der Waals surface area contributed by atoms with Gasteiger partial charge in [0.1, 0.15) is 0 Å². The van der Waals surface area contributed by atoms with Gasteiger partial charge in [-0.25, -0.2) is 0 Å². The van der Waals surface area contributed by atoms with E-state index in [2.05, 4.69) is 39.7 Å². The van der Waals surface area contributed by atoms with Gasteiger partial charge in [-0.3, -0.25) is 4.98 Å². The third-order valence-electron chi connectivity index (χ3n) is 4.69. The standard InChI is InChI=1S/C23H20N2O3S/c1-26-20-11-18(12-21(27-2)22(20)28-3)23-19(14-25-29-23)16-8-6-15(7-9-16)17-5-4-10-24-13-17/h4-14H,1-3H3. The van der Waals surface area contributed by atoms with Gasteiger partial charge in [0.15, 0.2) is 11.5 Å². The number of methoxy groups -OCH3 is 3. The third kappa shape index (κ3) is 3.67. The molecular formula is C23H20N2O3S. The van der Waals surface area contributed by atoms with Crippen LogP contribution in [0.2, 0.25) is 0 Å². The van der Waals surface area contributed by atoms with Crippen molar-refractivity contribution in [3.63, 3.8) is 0 Å². The van der Waals surface area contributed by atoms with Crippen LogP contribution in [0.25, 0.3) is 32.7 Å². The average Bonchev–Trinajstić information content (AvgIpc) is 3.28. The fraction of sp³-hybridized carbons (Fsp3) is 0.130. The maximum Gasteiger partial charge on any atom is 0.203 e. The molecule has 5 nitrogen and oxygen atoms in total. The molecule has 4 aromatic rings. The second-order valence-electron chi connectivity index (χ2n) is 6.30. The Kier molecular flexibility index (Phi) is 5.44. The largest absolute Gasteiger partial charge is 0.493 e. The molecule has 0 aliphatic carbocycles. The number of aromatic nitrogens is 2. The smallest absolute Gasteiger partial charge is 0.203 e. The fourth-order valence-electron chi connectivity index (χ4n) is 3.24. The van der Waals surface area contributed by atoms with E-state index in [-0.39, 0.29) is 0 Å². The average molecular weight is 404 g/mol. The first-order valence-corrected chi connectivity index (χ1v) is 9.78. The first-order chi connectivity index (χ1) is 14.2. The highest BCUT2D eigenvalue weighted by atomic mass is 32.1. The van der Waals surface area contributed by atoms with Crippen LogP contribution in [0.1, 0.15) is 0 Å². The normalized spacial score (nSPS) is 10.6. The molecule has 0 spiro atoms. The molecule has 29 heavy (non-hydrogen) atoms. The Labute approximate surface area is 173 Å². The first kappa shape index (κ1) is 19.0. The number of hydrogen-bond acceptors (Lipinski definition) is 6. The van der Waals surface area contributed by atoms with E-state index in [4.69, 9.17) is 14.2 Å². The molecule has 2 heterocycles. The van der Waals surface area contributed by atoms with Gasteiger partial charge >= 0.3 is 0 Å². The molecule has 2 aromatic carbocycles. The molecule has 0 N–H and O–H groups in total. The highest BCUT2D eigenvalue weighted by molar-refractivity contribution is 7.10. The maximum absolute atomic E-state index is 5.50. The molecule has 0 bridgehead atoms. The summed E-state index contributed by atoms with van der Waals surface area (Å²) in [5.74, 6) is 1.81. The minimum Gasteiger partial charge on any atom is -0.493 e. The molecule has 0 radical (unpaired) electrons. The molecule has 0 aliphatic rings. The molecule has 4 rings (SSSR count). The van der Waals surface area contributed by atoms with Crippen LogP contribution in [-0.2, 0) is 0 Å². The van der Waals surface area contributed by atoms with E-state index < -0.39 is 0 Å². The predicted molar refractivity (Wildman–Crippen MR) is 116 cm³/mol. The van der Waals surface area contributed by atoms with E-state index in [1.54, 1.807) is 27.5 Å². The van der Waals surface area contributed by atoms with Gasteiger partial charge in [0.25, 0.3) is 0 Å². The lowest BCUT2D eigenvalue weighted by molar-refractivity contribution is 0.324. The fourth-order valence-corrected chi connectivity index (χ4v) is 4.00. The van der Waals surface area contributed by atoms with Crippen molar-refractivity contribution < 1.29 is 14.2 Å². The summed E-state index contributed by atoms with van der Waals surface area (Å²) in [7, 11) is 4.83. The van der Waals surface area contributed by atoms with Crippen LogP contribution in [0.4, 0.5) is 0 Å². The van der Waals surface area contributed by atoms with Crippen molar-refractivity contribution in [3.8, 4) is 49.9 Å². The summed E-state index contributed by atoms with van der Waals surface area (Å²) in [4.78, 5) is 5.23. The maximum atomic E-state index is 5.50. The zero-order chi connectivity index (χ0) is 20.2. The number of rotatable bonds is 6. The van der Waals surface area contributed by atoms with Gasteiger partial charge in [0, 0.05) is 29.7 Å². The van der Waals surface area contributed by atoms with Crippen molar-refractivity contribution in [3.05, 3.63) is 67.1 Å². The number of ether oxygens (including phenoxy) is 3. The van der Waals surface area contributed by atoms with Crippen LogP contribution in [0.15, 0.2) is 67.1 Å². The van der Waals surface area contributed by atoms with Gasteiger partial charge < -0.3 is 14.2 Å². The summed E-state index contributed by atoms with van der Waals surface area (Å²) in [5, 5.41) is 0. The zero-order valence-corrected chi connectivity index (χ0v) is 17.2. The Morgan fingerprint density at radius 2 is 1.41 bits per heavy atom. The Hall–Kier alpha value is -3.38. The molecular weight excluding hydrogens is 384 g/mol. The molecule has 0 atom stereocenters. The van der Waals surface area contributed by atoms with E-state index in [9.17, 15) is 0 Å². The molecule has 0 fully saturated rings. The van der Waals surface area contributed by atoms with Crippen LogP contribution in [-0.4, -0.2) is 30.7 Å². The van der Waals surface area contributed by atoms with Crippen LogP contribution in [0, 0.1) is 0 Å². The first-order valence-electron chi connectivity index (χ1n) is 9.01. The van der Waals surface area contributed by atoms with E-state index in [1.807, 2.05) is 30.6 Å². The highest BCUT2D eigenvalue weighted by Crippen LogP contribution is 2.44. The minimum absolute atomic E-state index is 0.575. The second-order valence-corrected chi connectivity index (χ2v) is 7.10. The van der Waals surface area contributed by atoms with E-state index >= 15 is 0 Å². The Bertz CT molecular complexity index is 1080. The Morgan fingerprint density at radius 1 is 0.724 bits per heavy atom. The van der Waals surface area contributed by atoms with Crippen LogP contribution >= 0.6 is 11.5 Å². The lowest BCUT2D eigenvalue weighted by Gasteiger charge is -2.14. The van der Waals surface area contributed by atoms with Gasteiger partial charge in [-0.05, 0) is 46.4 Å². The molecule has 0 unspecified atom stereocenters. The summed E-state index contributed by atoms with van der Waals surface area (Å²) in [6.07, 6.45) is 5.53. The van der Waals surface area contributed by atoms with Gasteiger partial charge in [-0.2, -0.15) is 4.37 Å². The highest BCUT2D eigenvalue weighted by Gasteiger charge is 2.18. The van der Waals surface area contributed by atoms with Crippen molar-refractivity contribution in [1.29, 1.82) is 0 Å². The third-order valence-corrected chi connectivity index (χ3v) is 5.54. The van der Waals surface area contributed by atoms with E-state index in [0.717, 1.165) is 32.7 Å². The number of benzene rings is 2. The predicted octanol–water partition coefficient (Wildman–Crippen LogP) is 5.56. The van der Waals surface area contributed by atoms with Crippen LogP contribution in [0.3, 0.4) is 0 Å². The molecule has 146 valence electrons. The summed E-state index contributed by atoms with van der Waals surface area (Å²) in [6.45, 7) is 0. The van der Waals surface area contributed by atoms with E-state index in [0.29, 0.717) is 17.2 Å². The van der Waals surface area contributed by atoms with Crippen LogP contribution in [0.5, 0.6) is 17.2 Å². The molecule has 6 heteroatoms. The van der Waals surface area contributed by atoms with Crippen LogP contribution < -0.4 is 14.2 Å².